The standard InChI is InChI=1S/C10H14ClN3O.ClH/c1-14(2,13)6-10(15)7-3-4-9(12)8(11)5-7;/h3-5H,6,13H2,1-2H3,(H-,12,15);1H. The molecule has 0 saturated carbocycles. The fourth-order valence-corrected chi connectivity index (χ4v) is 1.34. The van der Waals surface area contributed by atoms with Crippen LogP contribution in [0.25, 0.3) is 0 Å². The number of carbonyl (C=O) groups excluding carboxylic acids is 1. The van der Waals surface area contributed by atoms with Crippen molar-refractivity contribution in [2.45, 2.75) is 0 Å². The van der Waals surface area contributed by atoms with Crippen molar-refractivity contribution < 1.29 is 21.8 Å². The quantitative estimate of drug-likeness (QED) is 0.219. The molecule has 0 unspecified atom stereocenters. The summed E-state index contributed by atoms with van der Waals surface area (Å²) in [5, 5.41) is 0.392. The molecule has 0 aromatic heterocycles. The van der Waals surface area contributed by atoms with E-state index in [0.717, 1.165) is 0 Å². The van der Waals surface area contributed by atoms with Crippen LogP contribution in [0.5, 0.6) is 0 Å². The Bertz CT molecular complexity index is 388. The molecule has 0 spiro atoms. The second-order valence-electron chi connectivity index (χ2n) is 4.10. The number of nitrogens with zero attached hydrogens (tertiary/aromatic N) is 1. The summed E-state index contributed by atoms with van der Waals surface area (Å²) in [6.45, 7) is 0.222. The molecule has 0 aliphatic rings. The number of likely N-dealkylation sites (N-methyl/N-ethyl adjacent to an activating group) is 1. The van der Waals surface area contributed by atoms with Gasteiger partial charge in [0.05, 0.1) is 24.8 Å². The van der Waals surface area contributed by atoms with E-state index in [2.05, 4.69) is 0 Å². The van der Waals surface area contributed by atoms with Crippen LogP contribution < -0.4 is 24.0 Å². The summed E-state index contributed by atoms with van der Waals surface area (Å²) in [5.41, 5.74) is 6.54. The Morgan fingerprint density at radius 2 is 2.00 bits per heavy atom. The summed E-state index contributed by atoms with van der Waals surface area (Å²) in [6, 6.07) is 4.83. The highest BCUT2D eigenvalue weighted by Gasteiger charge is 2.17. The van der Waals surface area contributed by atoms with Gasteiger partial charge in [-0.3, -0.25) is 4.79 Å². The van der Waals surface area contributed by atoms with Gasteiger partial charge in [-0.15, -0.1) is 0 Å². The number of quaternary nitrogens is 1. The molecular formula is C10H15Cl2N3O. The molecule has 6 heteroatoms. The van der Waals surface area contributed by atoms with Crippen molar-refractivity contribution >= 4 is 23.1 Å². The lowest BCUT2D eigenvalue weighted by Gasteiger charge is -2.21. The number of nitrogens with two attached hydrogens (primary N) is 2. The number of nitrogen functional groups attached to an aromatic ring is 1. The van der Waals surface area contributed by atoms with E-state index in [1.807, 2.05) is 0 Å². The predicted octanol–water partition coefficient (Wildman–Crippen LogP) is -1.94. The largest absolute Gasteiger partial charge is 1.00 e. The highest BCUT2D eigenvalue weighted by molar-refractivity contribution is 6.33. The van der Waals surface area contributed by atoms with Gasteiger partial charge in [0, 0.05) is 5.56 Å². The van der Waals surface area contributed by atoms with Gasteiger partial charge >= 0.3 is 0 Å². The smallest absolute Gasteiger partial charge is 0.218 e. The van der Waals surface area contributed by atoms with Gasteiger partial charge in [-0.1, -0.05) is 11.6 Å². The summed E-state index contributed by atoms with van der Waals surface area (Å²) in [5.74, 6) is 5.65. The van der Waals surface area contributed by atoms with Crippen molar-refractivity contribution in [3.8, 4) is 0 Å². The van der Waals surface area contributed by atoms with Crippen LogP contribution in [0.4, 0.5) is 5.69 Å². The van der Waals surface area contributed by atoms with Gasteiger partial charge in [0.25, 0.3) is 0 Å². The third-order valence-corrected chi connectivity index (χ3v) is 2.20. The fraction of sp³-hybridized carbons (Fsp3) is 0.300. The topological polar surface area (TPSA) is 69.1 Å². The van der Waals surface area contributed by atoms with E-state index in [1.54, 1.807) is 32.3 Å². The number of carbonyl (C=O) groups is 1. The molecule has 0 fully saturated rings. The van der Waals surface area contributed by atoms with E-state index in [9.17, 15) is 4.79 Å². The maximum Gasteiger partial charge on any atom is 0.218 e. The molecule has 1 aromatic rings. The maximum atomic E-state index is 11.7. The molecule has 0 radical (unpaired) electrons. The number of halogens is 2. The minimum atomic E-state index is -0.0515. The first-order valence-corrected chi connectivity index (χ1v) is 4.87. The third kappa shape index (κ3) is 4.37. The molecule has 0 atom stereocenters. The lowest BCUT2D eigenvalue weighted by atomic mass is 10.1. The van der Waals surface area contributed by atoms with E-state index in [4.69, 9.17) is 23.2 Å². The first kappa shape index (κ1) is 15.2. The zero-order chi connectivity index (χ0) is 11.6. The Morgan fingerprint density at radius 1 is 1.44 bits per heavy atom. The molecule has 0 heterocycles. The van der Waals surface area contributed by atoms with Crippen LogP contribution in [0.2, 0.25) is 5.02 Å². The summed E-state index contributed by atoms with van der Waals surface area (Å²) >= 11 is 5.82. The average Bonchev–Trinajstić information content (AvgIpc) is 2.06. The molecular weight excluding hydrogens is 249 g/mol. The van der Waals surface area contributed by atoms with Gasteiger partial charge in [-0.25, -0.2) is 4.59 Å². The van der Waals surface area contributed by atoms with Gasteiger partial charge in [-0.2, -0.15) is 5.84 Å². The van der Waals surface area contributed by atoms with Crippen LogP contribution in [0.1, 0.15) is 10.4 Å². The number of ketones is 1. The number of hydrogen-bond donors (Lipinski definition) is 2. The van der Waals surface area contributed by atoms with Crippen molar-refractivity contribution in [2.75, 3.05) is 26.4 Å². The minimum absolute atomic E-state index is 0. The average molecular weight is 264 g/mol. The Balaban J connectivity index is 0.00000225. The van der Waals surface area contributed by atoms with E-state index in [0.29, 0.717) is 16.3 Å². The maximum absolute atomic E-state index is 11.7. The van der Waals surface area contributed by atoms with Crippen LogP contribution in [-0.2, 0) is 0 Å². The molecule has 0 bridgehead atoms. The van der Waals surface area contributed by atoms with Gasteiger partial charge in [-0.05, 0) is 18.2 Å². The van der Waals surface area contributed by atoms with Crippen molar-refractivity contribution in [3.05, 3.63) is 28.8 Å². The molecule has 1 rings (SSSR count). The number of Topliss-reactive ketones (excluding diaryl/α,β-unsaturated/α-hetero) is 1. The van der Waals surface area contributed by atoms with Gasteiger partial charge in [0.15, 0.2) is 6.54 Å². The summed E-state index contributed by atoms with van der Waals surface area (Å²) in [6.07, 6.45) is 0. The minimum Gasteiger partial charge on any atom is -1.00 e. The molecule has 1 aromatic carbocycles. The first-order chi connectivity index (χ1) is 6.79. The fourth-order valence-electron chi connectivity index (χ4n) is 1.16. The number of benzene rings is 1. The van der Waals surface area contributed by atoms with Crippen molar-refractivity contribution in [1.82, 2.24) is 0 Å². The van der Waals surface area contributed by atoms with Crippen molar-refractivity contribution in [1.29, 1.82) is 0 Å². The summed E-state index contributed by atoms with van der Waals surface area (Å²) < 4.78 is 0.0980. The van der Waals surface area contributed by atoms with E-state index in [1.165, 1.54) is 0 Å². The van der Waals surface area contributed by atoms with Crippen molar-refractivity contribution in [2.24, 2.45) is 5.84 Å². The molecule has 90 valence electrons. The third-order valence-electron chi connectivity index (χ3n) is 1.87. The predicted molar refractivity (Wildman–Crippen MR) is 61.4 cm³/mol. The second kappa shape index (κ2) is 5.50. The van der Waals surface area contributed by atoms with Crippen LogP contribution in [0.3, 0.4) is 0 Å². The Hall–Kier alpha value is -0.810. The summed E-state index contributed by atoms with van der Waals surface area (Å²) in [7, 11) is 3.49. The molecule has 0 amide bonds. The Kier molecular flexibility index (Phi) is 5.22. The van der Waals surface area contributed by atoms with Gasteiger partial charge in [0.1, 0.15) is 0 Å². The van der Waals surface area contributed by atoms with Gasteiger partial charge < -0.3 is 18.1 Å². The van der Waals surface area contributed by atoms with Crippen LogP contribution in [0, 0.1) is 0 Å². The second-order valence-corrected chi connectivity index (χ2v) is 4.50. The number of anilines is 1. The number of hydrogen-bond acceptors (Lipinski definition) is 3. The van der Waals surface area contributed by atoms with Crippen LogP contribution >= 0.6 is 11.6 Å². The molecule has 4 nitrogen and oxygen atoms in total. The molecule has 16 heavy (non-hydrogen) atoms. The lowest BCUT2D eigenvalue weighted by molar-refractivity contribution is -0.893. The van der Waals surface area contributed by atoms with Gasteiger partial charge in [0.2, 0.25) is 5.78 Å². The van der Waals surface area contributed by atoms with E-state index >= 15 is 0 Å². The lowest BCUT2D eigenvalue weighted by Crippen LogP contribution is -3.00. The molecule has 0 saturated heterocycles. The Labute approximate surface area is 106 Å². The molecule has 0 aliphatic carbocycles. The zero-order valence-corrected chi connectivity index (χ0v) is 10.7. The SMILES string of the molecule is C[N+](C)(N)CC(=O)c1ccc(N)c(Cl)c1.[Cl-]. The normalized spacial score (nSPS) is 10.8. The van der Waals surface area contributed by atoms with Crippen LogP contribution in [-0.4, -0.2) is 31.0 Å². The van der Waals surface area contributed by atoms with Crippen molar-refractivity contribution in [3.63, 3.8) is 0 Å². The molecule has 0 aliphatic heterocycles. The monoisotopic (exact) mass is 263 g/mol. The first-order valence-electron chi connectivity index (χ1n) is 4.49. The van der Waals surface area contributed by atoms with E-state index in [-0.39, 0.29) is 29.3 Å². The van der Waals surface area contributed by atoms with Crippen LogP contribution in [0.15, 0.2) is 18.2 Å². The highest BCUT2D eigenvalue weighted by Crippen LogP contribution is 2.20. The zero-order valence-electron chi connectivity index (χ0n) is 9.21. The van der Waals surface area contributed by atoms with E-state index < -0.39 is 0 Å². The number of rotatable bonds is 3. The molecule has 4 N–H and O–H groups in total. The highest BCUT2D eigenvalue weighted by atomic mass is 35.5. The Morgan fingerprint density at radius 3 is 2.44 bits per heavy atom. The summed E-state index contributed by atoms with van der Waals surface area (Å²) in [4.78, 5) is 11.7.